The second-order valence-corrected chi connectivity index (χ2v) is 18.8. The number of piperidine rings is 1. The van der Waals surface area contributed by atoms with Crippen LogP contribution in [0.3, 0.4) is 0 Å². The highest BCUT2D eigenvalue weighted by molar-refractivity contribution is 7.91. The molecule has 39 heavy (non-hydrogen) atoms. The number of likely N-dealkylation sites (tertiary alicyclic amines) is 1. The molecule has 0 spiro atoms. The minimum absolute atomic E-state index is 0.0288. The van der Waals surface area contributed by atoms with E-state index in [9.17, 15) is 18.0 Å². The van der Waals surface area contributed by atoms with Crippen LogP contribution in [0.2, 0.25) is 25.7 Å². The number of hydrogen-bond acceptors (Lipinski definition) is 5. The highest BCUT2D eigenvalue weighted by Crippen LogP contribution is 2.36. The molecule has 0 aromatic heterocycles. The number of amides is 2. The molecule has 4 rings (SSSR count). The zero-order valence-electron chi connectivity index (χ0n) is 23.3. The number of ether oxygens (including phenoxy) is 1. The lowest BCUT2D eigenvalue weighted by Gasteiger charge is -2.33. The van der Waals surface area contributed by atoms with Crippen molar-refractivity contribution in [1.82, 2.24) is 9.21 Å². The summed E-state index contributed by atoms with van der Waals surface area (Å²) in [4.78, 5) is 26.8. The van der Waals surface area contributed by atoms with Gasteiger partial charge in [-0.25, -0.2) is 8.61 Å². The summed E-state index contributed by atoms with van der Waals surface area (Å²) in [6.07, 6.45) is 6.97. The van der Waals surface area contributed by atoms with Crippen molar-refractivity contribution in [3.8, 4) is 5.75 Å². The molecule has 1 atom stereocenters. The third kappa shape index (κ3) is 7.10. The molecule has 2 amide bonds. The molecule has 0 bridgehead atoms. The van der Waals surface area contributed by atoms with Crippen molar-refractivity contribution < 1.29 is 22.7 Å². The molecule has 1 unspecified atom stereocenters. The third-order valence-electron chi connectivity index (χ3n) is 7.13. The first kappa shape index (κ1) is 28.9. The summed E-state index contributed by atoms with van der Waals surface area (Å²) in [5, 5.41) is 0. The fraction of sp³-hybridized carbons (Fsp3) is 0.448. The van der Waals surface area contributed by atoms with Gasteiger partial charge in [0, 0.05) is 28.1 Å². The molecule has 0 N–H and O–H groups in total. The second-order valence-electron chi connectivity index (χ2n) is 11.4. The standard InChI is InChI=1S/C29H39N3O5SSi/c1-23(33)30-17-9-8-12-26(30)15-13-24-14-16-27(28(20-24)37-22-25-10-6-5-7-11-25)32-21-29(34)31(38(32,35)36)18-19-39(2,3)4/h5-7,10-11,13-16,20,26H,8-9,12,17-19,21-22H2,1-4H3/b15-13+. The summed E-state index contributed by atoms with van der Waals surface area (Å²) in [5.74, 6) is 0.0264. The number of carbonyl (C=O) groups excluding carboxylic acids is 2. The van der Waals surface area contributed by atoms with E-state index in [1.54, 1.807) is 19.1 Å². The molecule has 10 heteroatoms. The zero-order valence-corrected chi connectivity index (χ0v) is 25.1. The number of carbonyl (C=O) groups is 2. The van der Waals surface area contributed by atoms with Crippen LogP contribution >= 0.6 is 0 Å². The number of hydrogen-bond donors (Lipinski definition) is 0. The predicted octanol–water partition coefficient (Wildman–Crippen LogP) is 4.91. The van der Waals surface area contributed by atoms with Crippen LogP contribution in [0.15, 0.2) is 54.6 Å². The minimum Gasteiger partial charge on any atom is -0.487 e. The smallest absolute Gasteiger partial charge is 0.329 e. The first-order valence-electron chi connectivity index (χ1n) is 13.6. The summed E-state index contributed by atoms with van der Waals surface area (Å²) in [7, 11) is -5.58. The predicted molar refractivity (Wildman–Crippen MR) is 157 cm³/mol. The molecular weight excluding hydrogens is 530 g/mol. The minimum atomic E-state index is -4.02. The highest BCUT2D eigenvalue weighted by Gasteiger charge is 2.44. The van der Waals surface area contributed by atoms with Gasteiger partial charge in [-0.3, -0.25) is 9.59 Å². The van der Waals surface area contributed by atoms with E-state index < -0.39 is 24.2 Å². The van der Waals surface area contributed by atoms with Gasteiger partial charge in [0.05, 0.1) is 11.7 Å². The van der Waals surface area contributed by atoms with Crippen molar-refractivity contribution in [1.29, 1.82) is 0 Å². The Hall–Kier alpha value is -3.11. The summed E-state index contributed by atoms with van der Waals surface area (Å²) >= 11 is 0. The summed E-state index contributed by atoms with van der Waals surface area (Å²) in [5.41, 5.74) is 2.12. The van der Waals surface area contributed by atoms with Gasteiger partial charge in [0.15, 0.2) is 0 Å². The maximum Gasteiger partial charge on any atom is 0.329 e. The van der Waals surface area contributed by atoms with E-state index in [1.807, 2.05) is 53.5 Å². The Balaban J connectivity index is 1.63. The highest BCUT2D eigenvalue weighted by atomic mass is 32.2. The largest absolute Gasteiger partial charge is 0.487 e. The quantitative estimate of drug-likeness (QED) is 0.401. The van der Waals surface area contributed by atoms with Crippen molar-refractivity contribution in [2.24, 2.45) is 0 Å². The van der Waals surface area contributed by atoms with E-state index >= 15 is 0 Å². The van der Waals surface area contributed by atoms with Crippen molar-refractivity contribution in [3.63, 3.8) is 0 Å². The number of benzene rings is 2. The van der Waals surface area contributed by atoms with Crippen LogP contribution in [0, 0.1) is 0 Å². The van der Waals surface area contributed by atoms with Gasteiger partial charge in [-0.15, -0.1) is 0 Å². The molecule has 0 radical (unpaired) electrons. The molecule has 0 saturated carbocycles. The first-order chi connectivity index (χ1) is 18.5. The lowest BCUT2D eigenvalue weighted by molar-refractivity contribution is -0.131. The van der Waals surface area contributed by atoms with E-state index in [0.717, 1.165) is 45.5 Å². The molecule has 8 nitrogen and oxygen atoms in total. The van der Waals surface area contributed by atoms with Crippen LogP contribution in [-0.4, -0.2) is 63.2 Å². The van der Waals surface area contributed by atoms with Crippen molar-refractivity contribution >= 4 is 41.9 Å². The van der Waals surface area contributed by atoms with Gasteiger partial charge in [-0.1, -0.05) is 68.2 Å². The van der Waals surface area contributed by atoms with E-state index in [0.29, 0.717) is 17.5 Å². The summed E-state index contributed by atoms with van der Waals surface area (Å²) in [6, 6.07) is 15.7. The lowest BCUT2D eigenvalue weighted by atomic mass is 10.0. The van der Waals surface area contributed by atoms with E-state index in [1.165, 1.54) is 0 Å². The SMILES string of the molecule is CC(=O)N1CCCCC1/C=C/c1ccc(N2CC(=O)N(CC[Si](C)(C)C)S2(=O)=O)c(OCc2ccccc2)c1. The second kappa shape index (κ2) is 12.0. The fourth-order valence-electron chi connectivity index (χ4n) is 4.88. The maximum absolute atomic E-state index is 13.5. The van der Waals surface area contributed by atoms with Gasteiger partial charge in [-0.05, 0) is 48.6 Å². The van der Waals surface area contributed by atoms with E-state index in [2.05, 4.69) is 19.6 Å². The van der Waals surface area contributed by atoms with Crippen LogP contribution in [-0.2, 0) is 26.4 Å². The van der Waals surface area contributed by atoms with Crippen LogP contribution in [0.4, 0.5) is 5.69 Å². The monoisotopic (exact) mass is 569 g/mol. The Bertz CT molecular complexity index is 1320. The van der Waals surface area contributed by atoms with Gasteiger partial charge in [0.1, 0.15) is 18.9 Å². The molecule has 2 heterocycles. The molecule has 210 valence electrons. The Morgan fingerprint density at radius 1 is 1.10 bits per heavy atom. The lowest BCUT2D eigenvalue weighted by Crippen LogP contribution is -2.41. The van der Waals surface area contributed by atoms with Gasteiger partial charge in [0.25, 0.3) is 5.91 Å². The van der Waals surface area contributed by atoms with Gasteiger partial charge >= 0.3 is 10.2 Å². The number of rotatable bonds is 9. The molecule has 2 aromatic rings. The summed E-state index contributed by atoms with van der Waals surface area (Å²) in [6.45, 7) is 9.02. The molecule has 2 aliphatic rings. The van der Waals surface area contributed by atoms with Crippen LogP contribution in [0.5, 0.6) is 5.75 Å². The average Bonchev–Trinajstić information content (AvgIpc) is 3.12. The molecule has 2 saturated heterocycles. The van der Waals surface area contributed by atoms with Gasteiger partial charge < -0.3 is 9.64 Å². The Labute approximate surface area is 233 Å². The Kier molecular flexibility index (Phi) is 8.85. The Morgan fingerprint density at radius 3 is 2.54 bits per heavy atom. The average molecular weight is 570 g/mol. The fourth-order valence-corrected chi connectivity index (χ4v) is 7.48. The van der Waals surface area contributed by atoms with Crippen LogP contribution < -0.4 is 9.04 Å². The Morgan fingerprint density at radius 2 is 1.85 bits per heavy atom. The van der Waals surface area contributed by atoms with Crippen molar-refractivity contribution in [2.45, 2.75) is 64.5 Å². The van der Waals surface area contributed by atoms with E-state index in [-0.39, 0.29) is 31.6 Å². The van der Waals surface area contributed by atoms with Crippen molar-refractivity contribution in [3.05, 3.63) is 65.7 Å². The van der Waals surface area contributed by atoms with Gasteiger partial charge in [-0.2, -0.15) is 8.42 Å². The number of anilines is 1. The first-order valence-corrected chi connectivity index (χ1v) is 18.7. The molecule has 0 aliphatic carbocycles. The normalized spacial score (nSPS) is 19.6. The van der Waals surface area contributed by atoms with Crippen LogP contribution in [0.1, 0.15) is 37.3 Å². The molecule has 2 aromatic carbocycles. The van der Waals surface area contributed by atoms with E-state index in [4.69, 9.17) is 4.74 Å². The molecule has 2 aliphatic heterocycles. The maximum atomic E-state index is 13.5. The van der Waals surface area contributed by atoms with Crippen molar-refractivity contribution in [2.75, 3.05) is 23.9 Å². The third-order valence-corrected chi connectivity index (χ3v) is 10.7. The zero-order chi connectivity index (χ0) is 28.2. The summed E-state index contributed by atoms with van der Waals surface area (Å²) < 4.78 is 35.4. The van der Waals surface area contributed by atoms with Gasteiger partial charge in [0.2, 0.25) is 5.91 Å². The number of nitrogens with zero attached hydrogens (tertiary/aromatic N) is 3. The molecular formula is C29H39N3O5SSi. The van der Waals surface area contributed by atoms with Crippen LogP contribution in [0.25, 0.3) is 6.08 Å². The molecule has 2 fully saturated rings. The topological polar surface area (TPSA) is 87.2 Å².